The second kappa shape index (κ2) is 8.26. The van der Waals surface area contributed by atoms with Crippen molar-refractivity contribution in [2.45, 2.75) is 31.5 Å². The molecule has 0 aromatic heterocycles. The molecule has 0 aliphatic carbocycles. The van der Waals surface area contributed by atoms with Crippen LogP contribution in [0.3, 0.4) is 0 Å². The number of hydrogen-bond donors (Lipinski definition) is 2. The van der Waals surface area contributed by atoms with Crippen LogP contribution in [0.4, 0.5) is 9.59 Å². The van der Waals surface area contributed by atoms with Crippen molar-refractivity contribution in [1.82, 2.24) is 20.3 Å². The number of likely N-dealkylation sites (tertiary alicyclic amines) is 1. The zero-order valence-corrected chi connectivity index (χ0v) is 15.9. The Hall–Kier alpha value is -2.85. The Kier molecular flexibility index (Phi) is 5.54. The number of fused-ring (bicyclic) bond motifs is 2. The molecule has 2 N–H and O–H groups in total. The molecular formula is C19H24N4O6. The van der Waals surface area contributed by atoms with Gasteiger partial charge in [0.25, 0.3) is 5.91 Å². The van der Waals surface area contributed by atoms with Crippen LogP contribution < -0.4 is 5.48 Å². The molecule has 29 heavy (non-hydrogen) atoms. The number of piperidine rings is 1. The Bertz CT molecular complexity index is 769. The molecule has 0 saturated carbocycles. The first-order valence-electron chi connectivity index (χ1n) is 9.69. The van der Waals surface area contributed by atoms with E-state index in [0.29, 0.717) is 39.1 Å². The minimum atomic E-state index is -0.950. The highest BCUT2D eigenvalue weighted by molar-refractivity contribution is 5.88. The van der Waals surface area contributed by atoms with Gasteiger partial charge < -0.3 is 14.9 Å². The lowest BCUT2D eigenvalue weighted by Crippen LogP contribution is -2.53. The van der Waals surface area contributed by atoms with Crippen molar-refractivity contribution in [3.63, 3.8) is 0 Å². The maximum atomic E-state index is 12.7. The maximum Gasteiger partial charge on any atom is 0.407 e. The van der Waals surface area contributed by atoms with E-state index in [-0.39, 0.29) is 30.5 Å². The Morgan fingerprint density at radius 1 is 1.14 bits per heavy atom. The van der Waals surface area contributed by atoms with E-state index in [1.54, 1.807) is 0 Å². The summed E-state index contributed by atoms with van der Waals surface area (Å²) in [5, 5.41) is 10.2. The first-order chi connectivity index (χ1) is 14.0. The number of benzene rings is 1. The number of rotatable bonds is 7. The summed E-state index contributed by atoms with van der Waals surface area (Å²) in [6.07, 6.45) is 0.256. The van der Waals surface area contributed by atoms with Crippen LogP contribution in [0, 0.1) is 5.92 Å². The first-order valence-corrected chi connectivity index (χ1v) is 9.69. The van der Waals surface area contributed by atoms with E-state index >= 15 is 0 Å². The van der Waals surface area contributed by atoms with Crippen LogP contribution >= 0.6 is 0 Å². The zero-order valence-electron chi connectivity index (χ0n) is 15.9. The summed E-state index contributed by atoms with van der Waals surface area (Å²) in [6.45, 7) is 1.78. The van der Waals surface area contributed by atoms with Gasteiger partial charge in [-0.3, -0.25) is 14.5 Å². The van der Waals surface area contributed by atoms with Crippen molar-refractivity contribution in [2.24, 2.45) is 5.92 Å². The third-order valence-electron chi connectivity index (χ3n) is 5.56. The van der Waals surface area contributed by atoms with Gasteiger partial charge in [-0.05, 0) is 18.4 Å². The highest BCUT2D eigenvalue weighted by Gasteiger charge is 2.48. The second-order valence-electron chi connectivity index (χ2n) is 7.60. The first kappa shape index (κ1) is 19.5. The number of carbonyl (C=O) groups excluding carboxylic acids is 2. The summed E-state index contributed by atoms with van der Waals surface area (Å²) < 4.78 is 0. The van der Waals surface area contributed by atoms with Gasteiger partial charge in [-0.2, -0.15) is 5.06 Å². The topological polar surface area (TPSA) is 112 Å². The van der Waals surface area contributed by atoms with E-state index in [1.807, 2.05) is 30.3 Å². The highest BCUT2D eigenvalue weighted by Crippen LogP contribution is 2.30. The quantitative estimate of drug-likeness (QED) is 0.657. The van der Waals surface area contributed by atoms with Gasteiger partial charge in [-0.15, -0.1) is 0 Å². The molecule has 3 aliphatic heterocycles. The van der Waals surface area contributed by atoms with E-state index < -0.39 is 12.1 Å². The van der Waals surface area contributed by atoms with Gasteiger partial charge >= 0.3 is 12.1 Å². The van der Waals surface area contributed by atoms with Gasteiger partial charge in [0.05, 0.1) is 12.6 Å². The van der Waals surface area contributed by atoms with Gasteiger partial charge in [0.15, 0.2) is 0 Å². The molecule has 4 rings (SSSR count). The molecular weight excluding hydrogens is 380 g/mol. The average Bonchev–Trinajstić information content (AvgIpc) is 2.92. The van der Waals surface area contributed by atoms with E-state index in [9.17, 15) is 14.4 Å². The molecule has 1 aromatic carbocycles. The second-order valence-corrected chi connectivity index (χ2v) is 7.60. The summed E-state index contributed by atoms with van der Waals surface area (Å²) in [5.74, 6) is -0.298. The van der Waals surface area contributed by atoms with Crippen molar-refractivity contribution in [2.75, 3.05) is 26.2 Å². The van der Waals surface area contributed by atoms with Crippen LogP contribution in [0.2, 0.25) is 0 Å². The van der Waals surface area contributed by atoms with Crippen LogP contribution in [0.5, 0.6) is 0 Å². The molecule has 1 aromatic rings. The largest absolute Gasteiger partial charge is 0.465 e. The van der Waals surface area contributed by atoms with Crippen molar-refractivity contribution in [3.8, 4) is 0 Å². The molecule has 3 saturated heterocycles. The van der Waals surface area contributed by atoms with Gasteiger partial charge in [0.1, 0.15) is 12.6 Å². The van der Waals surface area contributed by atoms with E-state index in [1.165, 1.54) is 14.9 Å². The van der Waals surface area contributed by atoms with Crippen molar-refractivity contribution in [1.29, 1.82) is 0 Å². The Balaban J connectivity index is 1.24. The molecule has 0 spiro atoms. The Labute approximate surface area is 167 Å². The van der Waals surface area contributed by atoms with E-state index in [2.05, 4.69) is 5.48 Å². The molecule has 0 radical (unpaired) electrons. The molecule has 4 amide bonds. The number of nitrogens with one attached hydrogen (secondary N) is 1. The summed E-state index contributed by atoms with van der Waals surface area (Å²) in [6, 6.07) is 8.64. The lowest BCUT2D eigenvalue weighted by Gasteiger charge is -2.36. The molecule has 2 atom stereocenters. The molecule has 3 heterocycles. The monoisotopic (exact) mass is 404 g/mol. The third-order valence-corrected chi connectivity index (χ3v) is 5.56. The molecule has 2 bridgehead atoms. The van der Waals surface area contributed by atoms with Gasteiger partial charge in [0.2, 0.25) is 0 Å². The van der Waals surface area contributed by atoms with Crippen LogP contribution in [0.15, 0.2) is 30.3 Å². The molecule has 10 heteroatoms. The standard InChI is InChI=1S/C19H24N4O6/c24-17(20-28-11-14-8-21(9-14)19(26)27)16-7-6-15-10-22(16)18(25)23(15)29-12-13-4-2-1-3-5-13/h1-5,14-16H,6-12H2,(H,20,24)(H,26,27)/t15-,16+/m1/s1. The summed E-state index contributed by atoms with van der Waals surface area (Å²) in [7, 11) is 0. The number of nitrogens with zero attached hydrogens (tertiary/aromatic N) is 3. The summed E-state index contributed by atoms with van der Waals surface area (Å²) in [4.78, 5) is 49.7. The maximum absolute atomic E-state index is 12.7. The molecule has 3 aliphatic rings. The zero-order chi connectivity index (χ0) is 20.4. The smallest absolute Gasteiger partial charge is 0.407 e. The Morgan fingerprint density at radius 3 is 2.62 bits per heavy atom. The van der Waals surface area contributed by atoms with Crippen LogP contribution in [-0.2, 0) is 21.1 Å². The fourth-order valence-corrected chi connectivity index (χ4v) is 3.92. The van der Waals surface area contributed by atoms with Crippen LogP contribution in [0.25, 0.3) is 0 Å². The van der Waals surface area contributed by atoms with Gasteiger partial charge in [-0.25, -0.2) is 15.1 Å². The average molecular weight is 404 g/mol. The number of urea groups is 1. The SMILES string of the molecule is O=C(NOCC1CN(C(=O)O)C1)[C@@H]1CC[C@@H]2CN1C(=O)N2OCc1ccccc1. The lowest BCUT2D eigenvalue weighted by molar-refractivity contribution is -0.142. The summed E-state index contributed by atoms with van der Waals surface area (Å²) in [5.41, 5.74) is 3.38. The number of carbonyl (C=O) groups is 3. The predicted octanol–water partition coefficient (Wildman–Crippen LogP) is 1.04. The highest BCUT2D eigenvalue weighted by atomic mass is 16.7. The van der Waals surface area contributed by atoms with E-state index in [4.69, 9.17) is 14.8 Å². The van der Waals surface area contributed by atoms with Crippen molar-refractivity contribution < 1.29 is 29.2 Å². The fourth-order valence-electron chi connectivity index (χ4n) is 3.92. The third kappa shape index (κ3) is 4.13. The number of hydroxylamine groups is 3. The molecule has 3 fully saturated rings. The molecule has 10 nitrogen and oxygen atoms in total. The fraction of sp³-hybridized carbons (Fsp3) is 0.526. The number of carboxylic acid groups (broad SMARTS) is 1. The lowest BCUT2D eigenvalue weighted by atomic mass is 10.0. The normalized spacial score (nSPS) is 23.9. The van der Waals surface area contributed by atoms with Gasteiger partial charge in [-0.1, -0.05) is 30.3 Å². The number of amides is 4. The summed E-state index contributed by atoms with van der Waals surface area (Å²) >= 11 is 0. The molecule has 0 unspecified atom stereocenters. The Morgan fingerprint density at radius 2 is 1.90 bits per heavy atom. The van der Waals surface area contributed by atoms with Crippen molar-refractivity contribution in [3.05, 3.63) is 35.9 Å². The minimum Gasteiger partial charge on any atom is -0.465 e. The minimum absolute atomic E-state index is 0.0619. The van der Waals surface area contributed by atoms with E-state index in [0.717, 1.165) is 5.56 Å². The van der Waals surface area contributed by atoms with Crippen LogP contribution in [0.1, 0.15) is 18.4 Å². The molecule has 156 valence electrons. The van der Waals surface area contributed by atoms with Crippen LogP contribution in [-0.4, -0.2) is 76.3 Å². The predicted molar refractivity (Wildman–Crippen MR) is 99.2 cm³/mol. The van der Waals surface area contributed by atoms with Crippen molar-refractivity contribution >= 4 is 18.0 Å². The van der Waals surface area contributed by atoms with Gasteiger partial charge in [0, 0.05) is 25.6 Å². The number of hydrogen-bond acceptors (Lipinski definition) is 5.